The minimum absolute atomic E-state index is 0.0887. The molecule has 4 heteroatoms. The molecule has 1 amide bonds. The van der Waals surface area contributed by atoms with Crippen molar-refractivity contribution in [2.75, 3.05) is 24.7 Å². The summed E-state index contributed by atoms with van der Waals surface area (Å²) in [5.74, 6) is 1.68. The fourth-order valence-electron chi connectivity index (χ4n) is 1.53. The lowest BCUT2D eigenvalue weighted by atomic mass is 9.83. The number of rotatable bonds is 10. The average Bonchev–Trinajstić information content (AvgIpc) is 2.37. The van der Waals surface area contributed by atoms with E-state index in [-0.39, 0.29) is 17.9 Å². The maximum Gasteiger partial charge on any atom is 0.230 e. The second-order valence-corrected chi connectivity index (χ2v) is 5.65. The Hall–Kier alpha value is -0.220. The van der Waals surface area contributed by atoms with Gasteiger partial charge in [-0.2, -0.15) is 11.8 Å². The molecule has 0 spiro atoms. The number of hydrogen-bond donors (Lipinski definition) is 2. The van der Waals surface area contributed by atoms with Gasteiger partial charge in [0, 0.05) is 12.0 Å². The molecule has 102 valence electrons. The Labute approximate surface area is 110 Å². The van der Waals surface area contributed by atoms with E-state index in [0.29, 0.717) is 12.3 Å². The van der Waals surface area contributed by atoms with Crippen molar-refractivity contribution in [2.24, 2.45) is 5.41 Å². The van der Waals surface area contributed by atoms with Gasteiger partial charge in [0.05, 0.1) is 12.4 Å². The third-order valence-corrected chi connectivity index (χ3v) is 4.42. The Bertz CT molecular complexity index is 197. The van der Waals surface area contributed by atoms with Crippen LogP contribution in [0.3, 0.4) is 0 Å². The molecule has 0 saturated heterocycles. The Morgan fingerprint density at radius 3 is 2.41 bits per heavy atom. The van der Waals surface area contributed by atoms with Crippen LogP contribution in [-0.2, 0) is 4.79 Å². The molecular formula is C13H27NO2S. The number of carbonyl (C=O) groups is 1. The number of nitrogens with one attached hydrogen (secondary N) is 1. The van der Waals surface area contributed by atoms with Gasteiger partial charge in [-0.05, 0) is 25.0 Å². The quantitative estimate of drug-likeness (QED) is 0.594. The normalized spacial score (nSPS) is 11.5. The zero-order valence-electron chi connectivity index (χ0n) is 11.4. The molecule has 0 heterocycles. The maximum atomic E-state index is 11.6. The SMILES string of the molecule is CCCCSCC(=O)NCC(CC)(CC)CO. The topological polar surface area (TPSA) is 49.3 Å². The molecule has 0 aliphatic rings. The van der Waals surface area contributed by atoms with Crippen molar-refractivity contribution >= 4 is 17.7 Å². The van der Waals surface area contributed by atoms with Crippen LogP contribution < -0.4 is 5.32 Å². The van der Waals surface area contributed by atoms with Crippen LogP contribution in [0.25, 0.3) is 0 Å². The lowest BCUT2D eigenvalue weighted by Crippen LogP contribution is -2.40. The fourth-order valence-corrected chi connectivity index (χ4v) is 2.45. The molecule has 0 aromatic carbocycles. The lowest BCUT2D eigenvalue weighted by molar-refractivity contribution is -0.119. The summed E-state index contributed by atoms with van der Waals surface area (Å²) >= 11 is 1.68. The van der Waals surface area contributed by atoms with Gasteiger partial charge in [0.2, 0.25) is 5.91 Å². The first kappa shape index (κ1) is 16.8. The molecule has 0 aliphatic heterocycles. The number of unbranched alkanes of at least 4 members (excludes halogenated alkanes) is 1. The van der Waals surface area contributed by atoms with E-state index in [9.17, 15) is 9.90 Å². The molecule has 2 N–H and O–H groups in total. The Morgan fingerprint density at radius 1 is 1.29 bits per heavy atom. The van der Waals surface area contributed by atoms with Gasteiger partial charge in [0.25, 0.3) is 0 Å². The summed E-state index contributed by atoms with van der Waals surface area (Å²) in [5.41, 5.74) is -0.135. The molecule has 0 bridgehead atoms. The highest BCUT2D eigenvalue weighted by atomic mass is 32.2. The third kappa shape index (κ3) is 6.94. The van der Waals surface area contributed by atoms with Gasteiger partial charge in [-0.15, -0.1) is 0 Å². The Morgan fingerprint density at radius 2 is 1.94 bits per heavy atom. The van der Waals surface area contributed by atoms with Gasteiger partial charge in [0.15, 0.2) is 0 Å². The zero-order valence-corrected chi connectivity index (χ0v) is 12.2. The Kier molecular flexibility index (Phi) is 9.65. The molecular weight excluding hydrogens is 234 g/mol. The van der Waals surface area contributed by atoms with Crippen molar-refractivity contribution in [1.29, 1.82) is 0 Å². The molecule has 0 aromatic heterocycles. The number of aliphatic hydroxyl groups is 1. The van der Waals surface area contributed by atoms with E-state index >= 15 is 0 Å². The number of amides is 1. The molecule has 17 heavy (non-hydrogen) atoms. The molecule has 0 saturated carbocycles. The average molecular weight is 261 g/mol. The summed E-state index contributed by atoms with van der Waals surface area (Å²) < 4.78 is 0. The molecule has 0 unspecified atom stereocenters. The first-order chi connectivity index (χ1) is 8.14. The monoisotopic (exact) mass is 261 g/mol. The van der Waals surface area contributed by atoms with Crippen LogP contribution in [0.5, 0.6) is 0 Å². The van der Waals surface area contributed by atoms with Crippen molar-refractivity contribution in [3.8, 4) is 0 Å². The number of thioether (sulfide) groups is 1. The number of hydrogen-bond acceptors (Lipinski definition) is 3. The van der Waals surface area contributed by atoms with Crippen LogP contribution in [0.1, 0.15) is 46.5 Å². The molecule has 0 radical (unpaired) electrons. The van der Waals surface area contributed by atoms with E-state index in [2.05, 4.69) is 26.1 Å². The second kappa shape index (κ2) is 9.77. The van der Waals surface area contributed by atoms with E-state index in [1.165, 1.54) is 12.8 Å². The third-order valence-electron chi connectivity index (χ3n) is 3.37. The summed E-state index contributed by atoms with van der Waals surface area (Å²) in [7, 11) is 0. The number of carbonyl (C=O) groups excluding carboxylic acids is 1. The fraction of sp³-hybridized carbons (Fsp3) is 0.923. The molecule has 0 rings (SSSR count). The Balaban J connectivity index is 3.81. The molecule has 0 aromatic rings. The van der Waals surface area contributed by atoms with Crippen LogP contribution in [0.15, 0.2) is 0 Å². The van der Waals surface area contributed by atoms with E-state index in [1.54, 1.807) is 11.8 Å². The highest BCUT2D eigenvalue weighted by Gasteiger charge is 2.25. The van der Waals surface area contributed by atoms with Gasteiger partial charge in [-0.1, -0.05) is 27.2 Å². The van der Waals surface area contributed by atoms with E-state index in [1.807, 2.05) is 0 Å². The zero-order chi connectivity index (χ0) is 13.1. The van der Waals surface area contributed by atoms with Crippen molar-refractivity contribution < 1.29 is 9.90 Å². The summed E-state index contributed by atoms with van der Waals surface area (Å²) in [5, 5.41) is 12.3. The molecule has 0 atom stereocenters. The predicted molar refractivity (Wildman–Crippen MR) is 75.3 cm³/mol. The van der Waals surface area contributed by atoms with E-state index < -0.39 is 0 Å². The van der Waals surface area contributed by atoms with Gasteiger partial charge in [-0.3, -0.25) is 4.79 Å². The predicted octanol–water partition coefficient (Wildman–Crippen LogP) is 2.43. The van der Waals surface area contributed by atoms with Gasteiger partial charge >= 0.3 is 0 Å². The van der Waals surface area contributed by atoms with Crippen molar-refractivity contribution in [3.63, 3.8) is 0 Å². The molecule has 0 fully saturated rings. The second-order valence-electron chi connectivity index (χ2n) is 4.55. The highest BCUT2D eigenvalue weighted by molar-refractivity contribution is 7.99. The summed E-state index contributed by atoms with van der Waals surface area (Å²) in [6.07, 6.45) is 4.13. The summed E-state index contributed by atoms with van der Waals surface area (Å²) in [6, 6.07) is 0. The van der Waals surface area contributed by atoms with E-state index in [0.717, 1.165) is 18.6 Å². The van der Waals surface area contributed by atoms with E-state index in [4.69, 9.17) is 0 Å². The minimum atomic E-state index is -0.135. The maximum absolute atomic E-state index is 11.6. The van der Waals surface area contributed by atoms with Crippen LogP contribution in [0.2, 0.25) is 0 Å². The summed E-state index contributed by atoms with van der Waals surface area (Å²) in [6.45, 7) is 7.00. The standard InChI is InChI=1S/C13H27NO2S/c1-4-7-8-17-9-12(16)14-10-13(5-2,6-3)11-15/h15H,4-11H2,1-3H3,(H,14,16). The van der Waals surface area contributed by atoms with Gasteiger partial charge < -0.3 is 10.4 Å². The van der Waals surface area contributed by atoms with Crippen molar-refractivity contribution in [3.05, 3.63) is 0 Å². The van der Waals surface area contributed by atoms with Gasteiger partial charge in [-0.25, -0.2) is 0 Å². The molecule has 3 nitrogen and oxygen atoms in total. The highest BCUT2D eigenvalue weighted by Crippen LogP contribution is 2.24. The van der Waals surface area contributed by atoms with Crippen molar-refractivity contribution in [1.82, 2.24) is 5.32 Å². The van der Waals surface area contributed by atoms with Gasteiger partial charge in [0.1, 0.15) is 0 Å². The van der Waals surface area contributed by atoms with Crippen LogP contribution in [-0.4, -0.2) is 35.7 Å². The van der Waals surface area contributed by atoms with Crippen molar-refractivity contribution in [2.45, 2.75) is 46.5 Å². The first-order valence-corrected chi connectivity index (χ1v) is 7.75. The molecule has 0 aliphatic carbocycles. The first-order valence-electron chi connectivity index (χ1n) is 6.59. The van der Waals surface area contributed by atoms with Crippen LogP contribution in [0, 0.1) is 5.41 Å². The van der Waals surface area contributed by atoms with Crippen LogP contribution >= 0.6 is 11.8 Å². The van der Waals surface area contributed by atoms with Crippen LogP contribution in [0.4, 0.5) is 0 Å². The summed E-state index contributed by atoms with van der Waals surface area (Å²) in [4.78, 5) is 11.6. The minimum Gasteiger partial charge on any atom is -0.396 e. The largest absolute Gasteiger partial charge is 0.396 e. The smallest absolute Gasteiger partial charge is 0.230 e. The number of aliphatic hydroxyl groups excluding tert-OH is 1. The lowest BCUT2D eigenvalue weighted by Gasteiger charge is -2.29.